The van der Waals surface area contributed by atoms with Gasteiger partial charge in [0.1, 0.15) is 5.69 Å². The number of rotatable bonds is 4. The molecule has 98 valence electrons. The first-order valence-electron chi connectivity index (χ1n) is 6.48. The third kappa shape index (κ3) is 2.07. The average Bonchev–Trinajstić information content (AvgIpc) is 3.06. The molecule has 1 aromatic heterocycles. The molecule has 0 atom stereocenters. The lowest BCUT2D eigenvalue weighted by atomic mass is 10.1. The molecule has 1 fully saturated rings. The van der Waals surface area contributed by atoms with Gasteiger partial charge in [-0.2, -0.15) is 0 Å². The lowest BCUT2D eigenvalue weighted by molar-refractivity contribution is 0.0746. The zero-order valence-corrected chi connectivity index (χ0v) is 11.5. The summed E-state index contributed by atoms with van der Waals surface area (Å²) in [4.78, 5) is 29.0. The number of amides is 1. The van der Waals surface area contributed by atoms with Crippen LogP contribution in [0.25, 0.3) is 0 Å². The van der Waals surface area contributed by atoms with Crippen molar-refractivity contribution in [2.45, 2.75) is 46.6 Å². The van der Waals surface area contributed by atoms with Crippen molar-refractivity contribution in [3.63, 3.8) is 0 Å². The number of aromatic nitrogens is 1. The van der Waals surface area contributed by atoms with Crippen LogP contribution in [0.2, 0.25) is 0 Å². The highest BCUT2D eigenvalue weighted by atomic mass is 16.2. The van der Waals surface area contributed by atoms with Crippen LogP contribution in [0.15, 0.2) is 0 Å². The first-order chi connectivity index (χ1) is 8.47. The quantitative estimate of drug-likeness (QED) is 0.832. The molecule has 4 nitrogen and oxygen atoms in total. The topological polar surface area (TPSA) is 53.2 Å². The number of aryl methyl sites for hydroxylation is 1. The first-order valence-corrected chi connectivity index (χ1v) is 6.48. The number of aromatic amines is 1. The largest absolute Gasteiger partial charge is 0.354 e. The Morgan fingerprint density at radius 1 is 1.33 bits per heavy atom. The lowest BCUT2D eigenvalue weighted by Gasteiger charge is -2.20. The maximum atomic E-state index is 12.4. The Morgan fingerprint density at radius 2 is 1.94 bits per heavy atom. The van der Waals surface area contributed by atoms with E-state index in [1.807, 2.05) is 25.7 Å². The number of nitrogens with one attached hydrogen (secondary N) is 1. The highest BCUT2D eigenvalue weighted by Crippen LogP contribution is 2.29. The van der Waals surface area contributed by atoms with Gasteiger partial charge in [0.15, 0.2) is 5.78 Å². The van der Waals surface area contributed by atoms with E-state index in [1.165, 1.54) is 6.92 Å². The summed E-state index contributed by atoms with van der Waals surface area (Å²) in [6, 6.07) is 0.395. The Labute approximate surface area is 107 Å². The molecule has 18 heavy (non-hydrogen) atoms. The lowest BCUT2D eigenvalue weighted by Crippen LogP contribution is -2.33. The van der Waals surface area contributed by atoms with Crippen LogP contribution in [0.4, 0.5) is 0 Å². The summed E-state index contributed by atoms with van der Waals surface area (Å²) in [6.45, 7) is 7.93. The average molecular weight is 248 g/mol. The number of ketones is 1. The van der Waals surface area contributed by atoms with E-state index in [9.17, 15) is 9.59 Å². The van der Waals surface area contributed by atoms with Gasteiger partial charge in [0.05, 0.1) is 0 Å². The second-order valence-electron chi connectivity index (χ2n) is 5.00. The van der Waals surface area contributed by atoms with Gasteiger partial charge >= 0.3 is 0 Å². The van der Waals surface area contributed by atoms with E-state index in [2.05, 4.69) is 4.98 Å². The normalized spacial score (nSPS) is 14.7. The Bertz CT molecular complexity index is 498. The van der Waals surface area contributed by atoms with E-state index < -0.39 is 0 Å². The van der Waals surface area contributed by atoms with Crippen molar-refractivity contribution in [3.05, 3.63) is 22.5 Å². The summed E-state index contributed by atoms with van der Waals surface area (Å²) < 4.78 is 0. The van der Waals surface area contributed by atoms with Crippen LogP contribution in [0.3, 0.4) is 0 Å². The van der Waals surface area contributed by atoms with Gasteiger partial charge in [-0.05, 0) is 46.1 Å². The second kappa shape index (κ2) is 4.59. The summed E-state index contributed by atoms with van der Waals surface area (Å²) >= 11 is 0. The van der Waals surface area contributed by atoms with Gasteiger partial charge in [-0.15, -0.1) is 0 Å². The number of H-pyrrole nitrogens is 1. The fourth-order valence-corrected chi connectivity index (χ4v) is 2.59. The summed E-state index contributed by atoms with van der Waals surface area (Å²) in [5.74, 6) is 0.0304. The molecule has 0 spiro atoms. The number of hydrogen-bond acceptors (Lipinski definition) is 2. The Balaban J connectivity index is 2.36. The first kappa shape index (κ1) is 12.9. The smallest absolute Gasteiger partial charge is 0.270 e. The highest BCUT2D eigenvalue weighted by molar-refractivity contribution is 6.02. The Morgan fingerprint density at radius 3 is 2.33 bits per heavy atom. The predicted octanol–water partition coefficient (Wildman–Crippen LogP) is 2.46. The van der Waals surface area contributed by atoms with E-state index in [0.717, 1.165) is 30.6 Å². The van der Waals surface area contributed by atoms with E-state index in [-0.39, 0.29) is 11.7 Å². The van der Waals surface area contributed by atoms with Gasteiger partial charge in [0, 0.05) is 23.8 Å². The van der Waals surface area contributed by atoms with Crippen LogP contribution in [-0.2, 0) is 0 Å². The maximum Gasteiger partial charge on any atom is 0.270 e. The molecule has 0 radical (unpaired) electrons. The van der Waals surface area contributed by atoms with Crippen molar-refractivity contribution in [2.24, 2.45) is 0 Å². The SMILES string of the molecule is CCN(C(=O)c1[nH]c(C)c(C(C)=O)c1C)C1CC1. The van der Waals surface area contributed by atoms with Crippen molar-refractivity contribution < 1.29 is 9.59 Å². The van der Waals surface area contributed by atoms with E-state index >= 15 is 0 Å². The number of Topliss-reactive ketones (excluding diaryl/α,β-unsaturated/α-hetero) is 1. The molecule has 1 aliphatic carbocycles. The minimum Gasteiger partial charge on any atom is -0.354 e. The minimum atomic E-state index is 0.00905. The Hall–Kier alpha value is -1.58. The minimum absolute atomic E-state index is 0.00905. The van der Waals surface area contributed by atoms with Gasteiger partial charge in [0.2, 0.25) is 0 Å². The molecular weight excluding hydrogens is 228 g/mol. The molecule has 1 N–H and O–H groups in total. The predicted molar refractivity (Wildman–Crippen MR) is 70.0 cm³/mol. The fourth-order valence-electron chi connectivity index (χ4n) is 2.59. The summed E-state index contributed by atoms with van der Waals surface area (Å²) in [5, 5.41) is 0. The molecule has 0 bridgehead atoms. The van der Waals surface area contributed by atoms with Crippen molar-refractivity contribution >= 4 is 11.7 Å². The fraction of sp³-hybridized carbons (Fsp3) is 0.571. The number of carbonyl (C=O) groups is 2. The Kier molecular flexibility index (Phi) is 3.28. The monoisotopic (exact) mass is 248 g/mol. The van der Waals surface area contributed by atoms with Crippen LogP contribution in [0.1, 0.15) is 58.8 Å². The van der Waals surface area contributed by atoms with Gasteiger partial charge in [-0.3, -0.25) is 9.59 Å². The third-order valence-corrected chi connectivity index (χ3v) is 3.59. The maximum absolute atomic E-state index is 12.4. The van der Waals surface area contributed by atoms with Crippen molar-refractivity contribution in [1.29, 1.82) is 0 Å². The summed E-state index contributed by atoms with van der Waals surface area (Å²) in [5.41, 5.74) is 2.80. The van der Waals surface area contributed by atoms with Crippen molar-refractivity contribution in [2.75, 3.05) is 6.54 Å². The molecule has 2 rings (SSSR count). The van der Waals surface area contributed by atoms with Crippen molar-refractivity contribution in [1.82, 2.24) is 9.88 Å². The molecule has 4 heteroatoms. The molecule has 0 aromatic carbocycles. The van der Waals surface area contributed by atoms with E-state index in [1.54, 1.807) is 0 Å². The van der Waals surface area contributed by atoms with E-state index in [4.69, 9.17) is 0 Å². The standard InChI is InChI=1S/C14H20N2O2/c1-5-16(11-6-7-11)14(18)13-8(2)12(10(4)17)9(3)15-13/h11,15H,5-7H2,1-4H3. The highest BCUT2D eigenvalue weighted by Gasteiger charge is 2.33. The molecule has 0 saturated heterocycles. The van der Waals surface area contributed by atoms with Crippen LogP contribution in [-0.4, -0.2) is 34.2 Å². The molecule has 0 aliphatic heterocycles. The number of hydrogen-bond donors (Lipinski definition) is 1. The molecule has 1 aromatic rings. The molecule has 0 unspecified atom stereocenters. The molecule has 1 amide bonds. The third-order valence-electron chi connectivity index (χ3n) is 3.59. The molecule has 1 heterocycles. The van der Waals surface area contributed by atoms with Crippen LogP contribution in [0.5, 0.6) is 0 Å². The summed E-state index contributed by atoms with van der Waals surface area (Å²) in [6.07, 6.45) is 2.19. The number of carbonyl (C=O) groups excluding carboxylic acids is 2. The van der Waals surface area contributed by atoms with E-state index in [0.29, 0.717) is 17.3 Å². The van der Waals surface area contributed by atoms with Crippen molar-refractivity contribution in [3.8, 4) is 0 Å². The molecule has 1 aliphatic rings. The van der Waals surface area contributed by atoms with Gasteiger partial charge in [-0.25, -0.2) is 0 Å². The van der Waals surface area contributed by atoms with Gasteiger partial charge in [-0.1, -0.05) is 0 Å². The zero-order chi connectivity index (χ0) is 13.4. The summed E-state index contributed by atoms with van der Waals surface area (Å²) in [7, 11) is 0. The molecular formula is C14H20N2O2. The molecule has 1 saturated carbocycles. The number of nitrogens with zero attached hydrogens (tertiary/aromatic N) is 1. The van der Waals surface area contributed by atoms with Crippen LogP contribution < -0.4 is 0 Å². The van der Waals surface area contributed by atoms with Gasteiger partial charge < -0.3 is 9.88 Å². The van der Waals surface area contributed by atoms with Crippen LogP contribution >= 0.6 is 0 Å². The zero-order valence-electron chi connectivity index (χ0n) is 11.5. The van der Waals surface area contributed by atoms with Gasteiger partial charge in [0.25, 0.3) is 5.91 Å². The van der Waals surface area contributed by atoms with Crippen LogP contribution in [0, 0.1) is 13.8 Å². The second-order valence-corrected chi connectivity index (χ2v) is 5.00.